The van der Waals surface area contributed by atoms with Crippen molar-refractivity contribution in [2.45, 2.75) is 6.42 Å². The number of nitrogen functional groups attached to an aromatic ring is 1. The zero-order valence-electron chi connectivity index (χ0n) is 9.61. The molecule has 0 atom stereocenters. The van der Waals surface area contributed by atoms with Crippen molar-refractivity contribution in [3.05, 3.63) is 28.0 Å². The first-order chi connectivity index (χ1) is 8.61. The SMILES string of the molecule is COCCc1noc(-c2cc(Cl)c(N)c(Cl)c2)n1. The van der Waals surface area contributed by atoms with Gasteiger partial charge in [0.2, 0.25) is 0 Å². The van der Waals surface area contributed by atoms with Gasteiger partial charge in [0.25, 0.3) is 5.89 Å². The van der Waals surface area contributed by atoms with Gasteiger partial charge in [-0.1, -0.05) is 28.4 Å². The summed E-state index contributed by atoms with van der Waals surface area (Å²) in [7, 11) is 1.61. The van der Waals surface area contributed by atoms with Crippen LogP contribution in [0.25, 0.3) is 11.5 Å². The summed E-state index contributed by atoms with van der Waals surface area (Å²) in [6.45, 7) is 0.530. The molecule has 18 heavy (non-hydrogen) atoms. The average Bonchev–Trinajstić information content (AvgIpc) is 2.81. The number of aromatic nitrogens is 2. The highest BCUT2D eigenvalue weighted by Gasteiger charge is 2.12. The summed E-state index contributed by atoms with van der Waals surface area (Å²) in [5.74, 6) is 0.917. The van der Waals surface area contributed by atoms with E-state index in [-0.39, 0.29) is 0 Å². The highest BCUT2D eigenvalue weighted by molar-refractivity contribution is 6.39. The number of nitrogens with two attached hydrogens (primary N) is 1. The molecule has 7 heteroatoms. The van der Waals surface area contributed by atoms with Crippen LogP contribution in [0.1, 0.15) is 5.82 Å². The first kappa shape index (κ1) is 13.1. The van der Waals surface area contributed by atoms with E-state index < -0.39 is 0 Å². The van der Waals surface area contributed by atoms with Crippen molar-refractivity contribution < 1.29 is 9.26 Å². The van der Waals surface area contributed by atoms with E-state index in [0.717, 1.165) is 0 Å². The maximum atomic E-state index is 5.94. The normalized spacial score (nSPS) is 10.8. The van der Waals surface area contributed by atoms with Gasteiger partial charge in [-0.05, 0) is 12.1 Å². The molecule has 0 saturated carbocycles. The molecule has 2 rings (SSSR count). The molecule has 5 nitrogen and oxygen atoms in total. The number of rotatable bonds is 4. The first-order valence-corrected chi connectivity index (χ1v) is 5.94. The van der Waals surface area contributed by atoms with Crippen LogP contribution >= 0.6 is 23.2 Å². The fourth-order valence-electron chi connectivity index (χ4n) is 1.37. The van der Waals surface area contributed by atoms with Crippen molar-refractivity contribution in [2.75, 3.05) is 19.5 Å². The lowest BCUT2D eigenvalue weighted by atomic mass is 10.2. The van der Waals surface area contributed by atoms with Gasteiger partial charge in [0.1, 0.15) is 0 Å². The standard InChI is InChI=1S/C11H11Cl2N3O2/c1-17-3-2-9-15-11(18-16-9)6-4-7(12)10(14)8(13)5-6/h4-5H,2-3,14H2,1H3. The van der Waals surface area contributed by atoms with Crippen LogP contribution in [0.3, 0.4) is 0 Å². The third-order valence-corrected chi connectivity index (χ3v) is 2.95. The van der Waals surface area contributed by atoms with Crippen LogP contribution in [0.2, 0.25) is 10.0 Å². The van der Waals surface area contributed by atoms with Crippen molar-refractivity contribution in [1.29, 1.82) is 0 Å². The second-order valence-electron chi connectivity index (χ2n) is 3.61. The largest absolute Gasteiger partial charge is 0.396 e. The fourth-order valence-corrected chi connectivity index (χ4v) is 1.86. The van der Waals surface area contributed by atoms with E-state index in [1.165, 1.54) is 0 Å². The number of nitrogens with zero attached hydrogens (tertiary/aromatic N) is 2. The Balaban J connectivity index is 2.28. The smallest absolute Gasteiger partial charge is 0.258 e. The van der Waals surface area contributed by atoms with Gasteiger partial charge in [-0.15, -0.1) is 0 Å². The molecule has 2 N–H and O–H groups in total. The van der Waals surface area contributed by atoms with Crippen molar-refractivity contribution in [2.24, 2.45) is 0 Å². The molecule has 0 aliphatic rings. The monoisotopic (exact) mass is 287 g/mol. The van der Waals surface area contributed by atoms with E-state index in [1.54, 1.807) is 19.2 Å². The molecule has 1 aromatic heterocycles. The van der Waals surface area contributed by atoms with Crippen LogP contribution in [0.15, 0.2) is 16.7 Å². The Kier molecular flexibility index (Phi) is 4.06. The summed E-state index contributed by atoms with van der Waals surface area (Å²) in [4.78, 5) is 4.21. The maximum Gasteiger partial charge on any atom is 0.258 e. The van der Waals surface area contributed by atoms with Gasteiger partial charge < -0.3 is 15.0 Å². The molecule has 1 heterocycles. The Morgan fingerprint density at radius 2 is 2.00 bits per heavy atom. The van der Waals surface area contributed by atoms with E-state index in [2.05, 4.69) is 10.1 Å². The molecule has 0 saturated heterocycles. The van der Waals surface area contributed by atoms with Crippen molar-refractivity contribution in [1.82, 2.24) is 10.1 Å². The summed E-state index contributed by atoms with van der Waals surface area (Å²) < 4.78 is 10.1. The lowest BCUT2D eigenvalue weighted by molar-refractivity contribution is 0.199. The first-order valence-electron chi connectivity index (χ1n) is 5.18. The minimum atomic E-state index is 0.334. The van der Waals surface area contributed by atoms with Gasteiger partial charge in [0, 0.05) is 19.1 Å². The Morgan fingerprint density at radius 3 is 2.61 bits per heavy atom. The Hall–Kier alpha value is -1.30. The van der Waals surface area contributed by atoms with E-state index in [9.17, 15) is 0 Å². The van der Waals surface area contributed by atoms with Gasteiger partial charge in [-0.25, -0.2) is 0 Å². The molecule has 0 radical (unpaired) electrons. The second kappa shape index (κ2) is 5.56. The van der Waals surface area contributed by atoms with Crippen LogP contribution in [0.4, 0.5) is 5.69 Å². The lowest BCUT2D eigenvalue weighted by Crippen LogP contribution is -1.96. The highest BCUT2D eigenvalue weighted by Crippen LogP contribution is 2.32. The molecule has 96 valence electrons. The van der Waals surface area contributed by atoms with Crippen LogP contribution in [0.5, 0.6) is 0 Å². The molecular formula is C11H11Cl2N3O2. The number of halogens is 2. The molecule has 0 amide bonds. The predicted octanol–water partition coefficient (Wildman–Crippen LogP) is 2.81. The average molecular weight is 288 g/mol. The van der Waals surface area contributed by atoms with Gasteiger partial charge in [-0.2, -0.15) is 4.98 Å². The summed E-state index contributed by atoms with van der Waals surface area (Å²) in [5.41, 5.74) is 6.62. The number of ether oxygens (including phenoxy) is 1. The van der Waals surface area contributed by atoms with Gasteiger partial charge in [-0.3, -0.25) is 0 Å². The van der Waals surface area contributed by atoms with Crippen molar-refractivity contribution >= 4 is 28.9 Å². The summed E-state index contributed by atoms with van der Waals surface area (Å²) >= 11 is 11.9. The van der Waals surface area contributed by atoms with Crippen LogP contribution in [-0.2, 0) is 11.2 Å². The lowest BCUT2D eigenvalue weighted by Gasteiger charge is -2.02. The number of anilines is 1. The Bertz CT molecular complexity index is 534. The van der Waals surface area contributed by atoms with Gasteiger partial charge in [0.05, 0.1) is 22.3 Å². The molecule has 0 bridgehead atoms. The minimum Gasteiger partial charge on any atom is -0.396 e. The quantitative estimate of drug-likeness (QED) is 0.876. The Morgan fingerprint density at radius 1 is 1.33 bits per heavy atom. The van der Waals surface area contributed by atoms with Gasteiger partial charge in [0.15, 0.2) is 5.82 Å². The van der Waals surface area contributed by atoms with Crippen LogP contribution < -0.4 is 5.73 Å². The zero-order chi connectivity index (χ0) is 13.1. The molecule has 0 aliphatic carbocycles. The van der Waals surface area contributed by atoms with Crippen molar-refractivity contribution in [3.8, 4) is 11.5 Å². The minimum absolute atomic E-state index is 0.334. The molecular weight excluding hydrogens is 277 g/mol. The Labute approximate surface area is 114 Å². The fraction of sp³-hybridized carbons (Fsp3) is 0.273. The van der Waals surface area contributed by atoms with Crippen molar-refractivity contribution in [3.63, 3.8) is 0 Å². The summed E-state index contributed by atoms with van der Waals surface area (Å²) in [6, 6.07) is 3.27. The molecule has 0 aliphatic heterocycles. The predicted molar refractivity (Wildman–Crippen MR) is 69.7 cm³/mol. The zero-order valence-corrected chi connectivity index (χ0v) is 11.1. The topological polar surface area (TPSA) is 74.2 Å². The summed E-state index contributed by atoms with van der Waals surface area (Å²) in [5, 5.41) is 4.54. The second-order valence-corrected chi connectivity index (χ2v) is 4.43. The number of hydrogen-bond acceptors (Lipinski definition) is 5. The van der Waals surface area contributed by atoms with Crippen LogP contribution in [-0.4, -0.2) is 23.9 Å². The third kappa shape index (κ3) is 2.75. The molecule has 0 spiro atoms. The highest BCUT2D eigenvalue weighted by atomic mass is 35.5. The molecule has 1 aromatic carbocycles. The van der Waals surface area contributed by atoms with E-state index in [1.807, 2.05) is 0 Å². The number of hydrogen-bond donors (Lipinski definition) is 1. The van der Waals surface area contributed by atoms with E-state index in [0.29, 0.717) is 46.0 Å². The van der Waals surface area contributed by atoms with E-state index in [4.69, 9.17) is 38.2 Å². The number of methoxy groups -OCH3 is 1. The summed E-state index contributed by atoms with van der Waals surface area (Å²) in [6.07, 6.45) is 0.580. The maximum absolute atomic E-state index is 5.94. The molecule has 2 aromatic rings. The third-order valence-electron chi connectivity index (χ3n) is 2.32. The van der Waals surface area contributed by atoms with E-state index >= 15 is 0 Å². The molecule has 0 unspecified atom stereocenters. The van der Waals surface area contributed by atoms with Gasteiger partial charge >= 0.3 is 0 Å². The van der Waals surface area contributed by atoms with Crippen LogP contribution in [0, 0.1) is 0 Å². The number of benzene rings is 1. The molecule has 0 fully saturated rings.